The summed E-state index contributed by atoms with van der Waals surface area (Å²) in [6, 6.07) is 3.47. The van der Waals surface area contributed by atoms with Gasteiger partial charge >= 0.3 is 6.18 Å². The fraction of sp³-hybridized carbons (Fsp3) is 0.615. The third kappa shape index (κ3) is 3.18. The lowest BCUT2D eigenvalue weighted by Gasteiger charge is -2.34. The third-order valence-electron chi connectivity index (χ3n) is 3.52. The van der Waals surface area contributed by atoms with Crippen LogP contribution >= 0.6 is 0 Å². The topological polar surface area (TPSA) is 36.4 Å². The molecule has 3 nitrogen and oxygen atoms in total. The molecule has 1 aromatic rings. The number of anilines is 1. The Kier molecular flexibility index (Phi) is 3.99. The number of alkyl halides is 3. The molecule has 0 saturated carbocycles. The average molecular weight is 274 g/mol. The second-order valence-electron chi connectivity index (χ2n) is 4.90. The van der Waals surface area contributed by atoms with E-state index in [9.17, 15) is 18.3 Å². The molecule has 2 rings (SSSR count). The van der Waals surface area contributed by atoms with Gasteiger partial charge in [0.2, 0.25) is 0 Å². The van der Waals surface area contributed by atoms with E-state index in [1.807, 2.05) is 4.90 Å². The number of aliphatic hydroxyl groups excluding tert-OH is 1. The molecule has 1 fully saturated rings. The summed E-state index contributed by atoms with van der Waals surface area (Å²) < 4.78 is 37.8. The van der Waals surface area contributed by atoms with Gasteiger partial charge in [0, 0.05) is 24.8 Å². The van der Waals surface area contributed by atoms with Crippen molar-refractivity contribution in [2.75, 3.05) is 18.0 Å². The van der Waals surface area contributed by atoms with Crippen LogP contribution in [0.1, 0.15) is 31.4 Å². The van der Waals surface area contributed by atoms with Crippen LogP contribution in [0.5, 0.6) is 0 Å². The lowest BCUT2D eigenvalue weighted by molar-refractivity contribution is -0.179. The summed E-state index contributed by atoms with van der Waals surface area (Å²) in [5.41, 5.74) is 0.660. The molecule has 19 heavy (non-hydrogen) atoms. The van der Waals surface area contributed by atoms with E-state index in [0.29, 0.717) is 24.5 Å². The van der Waals surface area contributed by atoms with E-state index in [4.69, 9.17) is 0 Å². The molecule has 1 saturated heterocycles. The molecule has 0 aromatic carbocycles. The van der Waals surface area contributed by atoms with Crippen LogP contribution in [0.3, 0.4) is 0 Å². The fourth-order valence-corrected chi connectivity index (χ4v) is 2.42. The quantitative estimate of drug-likeness (QED) is 0.900. The number of hydrogen-bond donors (Lipinski definition) is 1. The fourth-order valence-electron chi connectivity index (χ4n) is 2.42. The lowest BCUT2D eigenvalue weighted by Crippen LogP contribution is -2.39. The largest absolute Gasteiger partial charge is 0.391 e. The summed E-state index contributed by atoms with van der Waals surface area (Å²) >= 11 is 0. The van der Waals surface area contributed by atoms with Crippen molar-refractivity contribution in [3.63, 3.8) is 0 Å². The molecule has 0 amide bonds. The number of rotatable bonds is 2. The molecule has 106 valence electrons. The Morgan fingerprint density at radius 1 is 1.37 bits per heavy atom. The van der Waals surface area contributed by atoms with Crippen LogP contribution in [0.4, 0.5) is 19.0 Å². The first-order valence-electron chi connectivity index (χ1n) is 6.34. The second kappa shape index (κ2) is 5.36. The van der Waals surface area contributed by atoms with Gasteiger partial charge in [0.15, 0.2) is 0 Å². The molecule has 0 spiro atoms. The highest BCUT2D eigenvalue weighted by molar-refractivity contribution is 5.48. The van der Waals surface area contributed by atoms with Gasteiger partial charge in [-0.25, -0.2) is 4.98 Å². The first kappa shape index (κ1) is 14.1. The summed E-state index contributed by atoms with van der Waals surface area (Å²) in [6.45, 7) is 2.27. The maximum Gasteiger partial charge on any atom is 0.391 e. The van der Waals surface area contributed by atoms with Gasteiger partial charge in [-0.2, -0.15) is 13.2 Å². The van der Waals surface area contributed by atoms with Crippen molar-refractivity contribution in [3.8, 4) is 0 Å². The first-order chi connectivity index (χ1) is 8.89. The van der Waals surface area contributed by atoms with Crippen molar-refractivity contribution in [2.45, 2.75) is 32.0 Å². The Hall–Kier alpha value is -1.30. The Bertz CT molecular complexity index is 426. The van der Waals surface area contributed by atoms with Crippen molar-refractivity contribution in [1.82, 2.24) is 4.98 Å². The standard InChI is InChI=1S/C13H17F3N2O/c1-9(19)11-3-2-6-17-12(11)18-7-4-10(5-8-18)13(14,15)16/h2-3,6,9-10,19H,4-5,7-8H2,1H3/t9-/m1/s1. The van der Waals surface area contributed by atoms with Crippen LogP contribution in [-0.4, -0.2) is 29.4 Å². The van der Waals surface area contributed by atoms with Crippen molar-refractivity contribution in [3.05, 3.63) is 23.9 Å². The molecule has 0 bridgehead atoms. The van der Waals surface area contributed by atoms with Crippen molar-refractivity contribution < 1.29 is 18.3 Å². The van der Waals surface area contributed by atoms with Crippen LogP contribution in [0, 0.1) is 5.92 Å². The minimum absolute atomic E-state index is 0.0827. The summed E-state index contributed by atoms with van der Waals surface area (Å²) in [7, 11) is 0. The van der Waals surface area contributed by atoms with Gasteiger partial charge in [0.05, 0.1) is 12.0 Å². The molecular formula is C13H17F3N2O. The molecule has 0 aliphatic carbocycles. The Morgan fingerprint density at radius 2 is 2.00 bits per heavy atom. The third-order valence-corrected chi connectivity index (χ3v) is 3.52. The molecule has 1 aliphatic heterocycles. The number of hydrogen-bond acceptors (Lipinski definition) is 3. The van der Waals surface area contributed by atoms with Gasteiger partial charge in [-0.05, 0) is 25.8 Å². The van der Waals surface area contributed by atoms with E-state index in [1.165, 1.54) is 0 Å². The highest BCUT2D eigenvalue weighted by atomic mass is 19.4. The average Bonchev–Trinajstić information content (AvgIpc) is 2.38. The Labute approximate surface area is 110 Å². The van der Waals surface area contributed by atoms with Crippen molar-refractivity contribution >= 4 is 5.82 Å². The SMILES string of the molecule is C[C@@H](O)c1cccnc1N1CCC(C(F)(F)F)CC1. The Balaban J connectivity index is 2.10. The van der Waals surface area contributed by atoms with E-state index >= 15 is 0 Å². The van der Waals surface area contributed by atoms with Crippen LogP contribution < -0.4 is 4.90 Å². The smallest absolute Gasteiger partial charge is 0.389 e. The molecule has 1 atom stereocenters. The summed E-state index contributed by atoms with van der Waals surface area (Å²) in [4.78, 5) is 6.02. The van der Waals surface area contributed by atoms with E-state index in [2.05, 4.69) is 4.98 Å². The highest BCUT2D eigenvalue weighted by Crippen LogP contribution is 2.36. The van der Waals surface area contributed by atoms with Gasteiger partial charge in [-0.15, -0.1) is 0 Å². The van der Waals surface area contributed by atoms with Gasteiger partial charge < -0.3 is 10.0 Å². The predicted molar refractivity (Wildman–Crippen MR) is 65.9 cm³/mol. The zero-order chi connectivity index (χ0) is 14.0. The Morgan fingerprint density at radius 3 is 2.53 bits per heavy atom. The number of piperidine rings is 1. The normalized spacial score (nSPS) is 19.5. The number of halogens is 3. The molecule has 0 radical (unpaired) electrons. The van der Waals surface area contributed by atoms with Crippen LogP contribution in [0.15, 0.2) is 18.3 Å². The summed E-state index contributed by atoms with van der Waals surface area (Å²) in [5.74, 6) is -0.624. The lowest BCUT2D eigenvalue weighted by atomic mass is 9.96. The molecule has 0 unspecified atom stereocenters. The second-order valence-corrected chi connectivity index (χ2v) is 4.90. The number of aliphatic hydroxyl groups is 1. The maximum atomic E-state index is 12.6. The van der Waals surface area contributed by atoms with Crippen molar-refractivity contribution in [2.24, 2.45) is 5.92 Å². The zero-order valence-corrected chi connectivity index (χ0v) is 10.7. The molecule has 1 aliphatic rings. The molecule has 1 N–H and O–H groups in total. The van der Waals surface area contributed by atoms with Crippen LogP contribution in [-0.2, 0) is 0 Å². The first-order valence-corrected chi connectivity index (χ1v) is 6.34. The molecular weight excluding hydrogens is 257 g/mol. The summed E-state index contributed by atoms with van der Waals surface area (Å²) in [6.07, 6.45) is -3.03. The minimum Gasteiger partial charge on any atom is -0.389 e. The summed E-state index contributed by atoms with van der Waals surface area (Å²) in [5, 5.41) is 9.67. The van der Waals surface area contributed by atoms with Crippen molar-refractivity contribution in [1.29, 1.82) is 0 Å². The molecule has 1 aromatic heterocycles. The number of aromatic nitrogens is 1. The zero-order valence-electron chi connectivity index (χ0n) is 10.7. The van der Waals surface area contributed by atoms with Gasteiger partial charge in [-0.1, -0.05) is 6.07 Å². The monoisotopic (exact) mass is 274 g/mol. The van der Waals surface area contributed by atoms with Gasteiger partial charge in [0.25, 0.3) is 0 Å². The molecule has 6 heteroatoms. The maximum absolute atomic E-state index is 12.6. The number of nitrogens with zero attached hydrogens (tertiary/aromatic N) is 2. The molecule has 2 heterocycles. The van der Waals surface area contributed by atoms with Gasteiger partial charge in [-0.3, -0.25) is 0 Å². The van der Waals surface area contributed by atoms with E-state index < -0.39 is 18.2 Å². The predicted octanol–water partition coefficient (Wildman–Crippen LogP) is 2.91. The van der Waals surface area contributed by atoms with Crippen LogP contribution in [0.2, 0.25) is 0 Å². The van der Waals surface area contributed by atoms with Crippen LogP contribution in [0.25, 0.3) is 0 Å². The van der Waals surface area contributed by atoms with E-state index in [-0.39, 0.29) is 12.8 Å². The highest BCUT2D eigenvalue weighted by Gasteiger charge is 2.41. The van der Waals surface area contributed by atoms with E-state index in [1.54, 1.807) is 25.3 Å². The minimum atomic E-state index is -4.11. The van der Waals surface area contributed by atoms with Gasteiger partial charge in [0.1, 0.15) is 5.82 Å². The van der Waals surface area contributed by atoms with E-state index in [0.717, 1.165) is 0 Å². The number of pyridine rings is 1.